The van der Waals surface area contributed by atoms with E-state index in [4.69, 9.17) is 10.2 Å². The van der Waals surface area contributed by atoms with Gasteiger partial charge in [0.05, 0.1) is 0 Å². The number of oxazole rings is 1. The first-order valence-electron chi connectivity index (χ1n) is 5.85. The number of fused-ring (bicyclic) bond motifs is 1. The molecule has 20 heavy (non-hydrogen) atoms. The molecule has 0 spiro atoms. The van der Waals surface area contributed by atoms with Crippen LogP contribution in [0.2, 0.25) is 0 Å². The van der Waals surface area contributed by atoms with E-state index in [9.17, 15) is 8.78 Å². The molecule has 0 fully saturated rings. The first-order valence-corrected chi connectivity index (χ1v) is 6.84. The Morgan fingerprint density at radius 2 is 2.05 bits per heavy atom. The third kappa shape index (κ3) is 2.46. The summed E-state index contributed by atoms with van der Waals surface area (Å²) in [5.74, 6) is -1.44. The second-order valence-corrected chi connectivity index (χ2v) is 5.14. The van der Waals surface area contributed by atoms with Crippen molar-refractivity contribution < 1.29 is 13.2 Å². The summed E-state index contributed by atoms with van der Waals surface area (Å²) >= 11 is 1.20. The number of nitrogen functional groups attached to an aromatic ring is 1. The minimum Gasteiger partial charge on any atom is -0.431 e. The van der Waals surface area contributed by atoms with Crippen molar-refractivity contribution >= 4 is 28.5 Å². The fourth-order valence-electron chi connectivity index (χ4n) is 1.78. The van der Waals surface area contributed by atoms with E-state index < -0.39 is 11.6 Å². The SMILES string of the molecule is Nc1ccc2nc(SCc3cccc(F)c3F)oc2c1. The maximum absolute atomic E-state index is 13.5. The van der Waals surface area contributed by atoms with Crippen LogP contribution in [0.4, 0.5) is 14.5 Å². The smallest absolute Gasteiger partial charge is 0.257 e. The van der Waals surface area contributed by atoms with Crippen molar-refractivity contribution in [2.24, 2.45) is 0 Å². The molecule has 102 valence electrons. The number of rotatable bonds is 3. The number of anilines is 1. The van der Waals surface area contributed by atoms with Gasteiger partial charge in [-0.15, -0.1) is 0 Å². The number of aromatic nitrogens is 1. The molecule has 0 aliphatic heterocycles. The highest BCUT2D eigenvalue weighted by molar-refractivity contribution is 7.98. The molecule has 0 aliphatic rings. The van der Waals surface area contributed by atoms with E-state index in [0.717, 1.165) is 6.07 Å². The van der Waals surface area contributed by atoms with Crippen LogP contribution in [-0.4, -0.2) is 4.98 Å². The van der Waals surface area contributed by atoms with E-state index in [-0.39, 0.29) is 11.3 Å². The van der Waals surface area contributed by atoms with Crippen LogP contribution in [0.3, 0.4) is 0 Å². The Kier molecular flexibility index (Phi) is 3.31. The molecule has 0 atom stereocenters. The van der Waals surface area contributed by atoms with E-state index in [2.05, 4.69) is 4.98 Å². The van der Waals surface area contributed by atoms with Crippen molar-refractivity contribution in [3.8, 4) is 0 Å². The molecule has 1 aromatic heterocycles. The minimum absolute atomic E-state index is 0.242. The predicted molar refractivity (Wildman–Crippen MR) is 74.3 cm³/mol. The number of nitrogens with two attached hydrogens (primary N) is 1. The highest BCUT2D eigenvalue weighted by Crippen LogP contribution is 2.28. The van der Waals surface area contributed by atoms with Gasteiger partial charge in [0, 0.05) is 23.1 Å². The Labute approximate surface area is 117 Å². The van der Waals surface area contributed by atoms with Crippen molar-refractivity contribution in [3.05, 3.63) is 53.6 Å². The molecule has 0 amide bonds. The van der Waals surface area contributed by atoms with Gasteiger partial charge in [-0.05, 0) is 18.2 Å². The summed E-state index contributed by atoms with van der Waals surface area (Å²) in [5, 5.41) is 0.397. The zero-order valence-electron chi connectivity index (χ0n) is 10.3. The fraction of sp³-hybridized carbons (Fsp3) is 0.0714. The van der Waals surface area contributed by atoms with Crippen molar-refractivity contribution in [1.82, 2.24) is 4.98 Å². The van der Waals surface area contributed by atoms with Gasteiger partial charge in [0.1, 0.15) is 5.52 Å². The van der Waals surface area contributed by atoms with Crippen LogP contribution in [0, 0.1) is 11.6 Å². The van der Waals surface area contributed by atoms with Crippen molar-refractivity contribution in [2.45, 2.75) is 11.0 Å². The molecule has 0 saturated carbocycles. The minimum atomic E-state index is -0.853. The number of hydrogen-bond donors (Lipinski definition) is 1. The van der Waals surface area contributed by atoms with Crippen LogP contribution in [0.1, 0.15) is 5.56 Å². The molecule has 3 rings (SSSR count). The van der Waals surface area contributed by atoms with Crippen LogP contribution in [0.15, 0.2) is 46.0 Å². The van der Waals surface area contributed by atoms with E-state index in [0.29, 0.717) is 22.0 Å². The molecule has 6 heteroatoms. The Bertz CT molecular complexity index is 773. The number of thioether (sulfide) groups is 1. The van der Waals surface area contributed by atoms with Gasteiger partial charge in [-0.2, -0.15) is 0 Å². The van der Waals surface area contributed by atoms with Crippen molar-refractivity contribution in [2.75, 3.05) is 5.73 Å². The fourth-order valence-corrected chi connectivity index (χ4v) is 2.59. The zero-order valence-corrected chi connectivity index (χ0v) is 11.1. The molecule has 0 saturated heterocycles. The Morgan fingerprint density at radius 3 is 2.90 bits per heavy atom. The van der Waals surface area contributed by atoms with Gasteiger partial charge in [0.15, 0.2) is 17.2 Å². The molecule has 2 aromatic carbocycles. The van der Waals surface area contributed by atoms with Crippen molar-refractivity contribution in [3.63, 3.8) is 0 Å². The molecule has 0 aliphatic carbocycles. The molecular weight excluding hydrogens is 282 g/mol. The van der Waals surface area contributed by atoms with Crippen LogP contribution in [-0.2, 0) is 5.75 Å². The summed E-state index contributed by atoms with van der Waals surface area (Å²) in [7, 11) is 0. The van der Waals surface area contributed by atoms with Gasteiger partial charge in [0.25, 0.3) is 5.22 Å². The van der Waals surface area contributed by atoms with E-state index in [1.165, 1.54) is 23.9 Å². The second kappa shape index (κ2) is 5.13. The largest absolute Gasteiger partial charge is 0.431 e. The van der Waals surface area contributed by atoms with Crippen LogP contribution in [0.5, 0.6) is 0 Å². The Balaban J connectivity index is 1.81. The lowest BCUT2D eigenvalue weighted by molar-refractivity contribution is 0.488. The zero-order chi connectivity index (χ0) is 14.1. The highest BCUT2D eigenvalue weighted by atomic mass is 32.2. The lowest BCUT2D eigenvalue weighted by Crippen LogP contribution is -1.91. The highest BCUT2D eigenvalue weighted by Gasteiger charge is 2.11. The van der Waals surface area contributed by atoms with Gasteiger partial charge < -0.3 is 10.2 Å². The van der Waals surface area contributed by atoms with Crippen LogP contribution < -0.4 is 5.73 Å². The van der Waals surface area contributed by atoms with Gasteiger partial charge >= 0.3 is 0 Å². The molecule has 0 radical (unpaired) electrons. The third-order valence-electron chi connectivity index (χ3n) is 2.78. The summed E-state index contributed by atoms with van der Waals surface area (Å²) in [6.45, 7) is 0. The molecule has 3 aromatic rings. The number of benzene rings is 2. The van der Waals surface area contributed by atoms with Crippen LogP contribution in [0.25, 0.3) is 11.1 Å². The molecule has 2 N–H and O–H groups in total. The third-order valence-corrected chi connectivity index (χ3v) is 3.65. The topological polar surface area (TPSA) is 52.0 Å². The average molecular weight is 292 g/mol. The van der Waals surface area contributed by atoms with Gasteiger partial charge in [-0.3, -0.25) is 0 Å². The first-order chi connectivity index (χ1) is 9.63. The molecule has 1 heterocycles. The summed E-state index contributed by atoms with van der Waals surface area (Å²) < 4.78 is 32.1. The monoisotopic (exact) mass is 292 g/mol. The van der Waals surface area contributed by atoms with E-state index in [1.807, 2.05) is 0 Å². The maximum atomic E-state index is 13.5. The molecule has 0 bridgehead atoms. The second-order valence-electron chi connectivity index (χ2n) is 4.21. The molecule has 3 nitrogen and oxygen atoms in total. The molecular formula is C14H10F2N2OS. The summed E-state index contributed by atoms with van der Waals surface area (Å²) in [6, 6.07) is 9.25. The van der Waals surface area contributed by atoms with Crippen molar-refractivity contribution in [1.29, 1.82) is 0 Å². The summed E-state index contributed by atoms with van der Waals surface area (Å²) in [6.07, 6.45) is 0. The predicted octanol–water partition coefficient (Wildman–Crippen LogP) is 3.98. The Hall–Kier alpha value is -2.08. The summed E-state index contributed by atoms with van der Waals surface area (Å²) in [4.78, 5) is 4.25. The van der Waals surface area contributed by atoms with E-state index in [1.54, 1.807) is 18.2 Å². The van der Waals surface area contributed by atoms with Gasteiger partial charge in [-0.1, -0.05) is 23.9 Å². The summed E-state index contributed by atoms with van der Waals surface area (Å²) in [5.41, 5.74) is 7.77. The van der Waals surface area contributed by atoms with E-state index >= 15 is 0 Å². The lowest BCUT2D eigenvalue weighted by Gasteiger charge is -2.01. The van der Waals surface area contributed by atoms with Gasteiger partial charge in [0.2, 0.25) is 0 Å². The number of halogens is 2. The quantitative estimate of drug-likeness (QED) is 0.586. The number of hydrogen-bond acceptors (Lipinski definition) is 4. The normalized spacial score (nSPS) is 11.1. The standard InChI is InChI=1S/C14H10F2N2OS/c15-10-3-1-2-8(13(10)16)7-20-14-18-11-5-4-9(17)6-12(11)19-14/h1-6H,7,17H2. The maximum Gasteiger partial charge on any atom is 0.257 e. The van der Waals surface area contributed by atoms with Gasteiger partial charge in [-0.25, -0.2) is 13.8 Å². The lowest BCUT2D eigenvalue weighted by atomic mass is 10.2. The molecule has 0 unspecified atom stereocenters. The van der Waals surface area contributed by atoms with Crippen LogP contribution >= 0.6 is 11.8 Å². The Morgan fingerprint density at radius 1 is 1.20 bits per heavy atom. The average Bonchev–Trinajstić information content (AvgIpc) is 2.82. The number of nitrogens with zero attached hydrogens (tertiary/aromatic N) is 1. The first kappa shape index (κ1) is 12.9.